The zero-order valence-corrected chi connectivity index (χ0v) is 12.4. The fourth-order valence-corrected chi connectivity index (χ4v) is 1.23. The minimum Gasteiger partial charge on any atom is -0.377 e. The predicted molar refractivity (Wildman–Crippen MR) is 74.3 cm³/mol. The van der Waals surface area contributed by atoms with Crippen molar-refractivity contribution in [2.75, 3.05) is 59.3 Å². The van der Waals surface area contributed by atoms with Gasteiger partial charge in [-0.2, -0.15) is 0 Å². The molecule has 0 unspecified atom stereocenters. The van der Waals surface area contributed by atoms with Gasteiger partial charge in [-0.1, -0.05) is 0 Å². The van der Waals surface area contributed by atoms with Crippen molar-refractivity contribution in [2.45, 2.75) is 6.92 Å². The summed E-state index contributed by atoms with van der Waals surface area (Å²) in [6.45, 7) is 4.88. The molecule has 0 aliphatic rings. The maximum atomic E-state index is 10.9. The lowest BCUT2D eigenvalue weighted by molar-refractivity contribution is -0.126. The number of nitrogens with two attached hydrogens (primary N) is 1. The standard InChI is InChI=1S/C12H25N3O6/c1-11(16)14-2-4-18-6-8-20-9-7-19-5-3-15-12(17)10-21-13/h2-10,13H2,1H3,(H,14,16)(H,15,17). The first-order valence-corrected chi connectivity index (χ1v) is 6.73. The summed E-state index contributed by atoms with van der Waals surface area (Å²) in [7, 11) is 0. The highest BCUT2D eigenvalue weighted by Crippen LogP contribution is 1.81. The Balaban J connectivity index is 3.06. The molecule has 0 spiro atoms. The average Bonchev–Trinajstić information content (AvgIpc) is 2.44. The summed E-state index contributed by atoms with van der Waals surface area (Å²) in [6.07, 6.45) is 0. The molecule has 0 radical (unpaired) electrons. The van der Waals surface area contributed by atoms with E-state index in [0.29, 0.717) is 52.7 Å². The third kappa shape index (κ3) is 16.7. The van der Waals surface area contributed by atoms with E-state index in [1.807, 2.05) is 0 Å². The van der Waals surface area contributed by atoms with Gasteiger partial charge in [-0.3, -0.25) is 14.4 Å². The van der Waals surface area contributed by atoms with Crippen LogP contribution in [0.5, 0.6) is 0 Å². The first kappa shape index (κ1) is 19.7. The minimum atomic E-state index is -0.284. The molecule has 0 saturated carbocycles. The van der Waals surface area contributed by atoms with Crippen LogP contribution >= 0.6 is 0 Å². The van der Waals surface area contributed by atoms with E-state index in [1.54, 1.807) is 0 Å². The first-order valence-electron chi connectivity index (χ1n) is 6.73. The summed E-state index contributed by atoms with van der Waals surface area (Å²) < 4.78 is 15.7. The highest BCUT2D eigenvalue weighted by molar-refractivity contribution is 5.77. The van der Waals surface area contributed by atoms with Crippen LogP contribution in [0.3, 0.4) is 0 Å². The summed E-state index contributed by atoms with van der Waals surface area (Å²) in [4.78, 5) is 25.7. The van der Waals surface area contributed by atoms with Crippen LogP contribution in [0.2, 0.25) is 0 Å². The quantitative estimate of drug-likeness (QED) is 0.255. The van der Waals surface area contributed by atoms with Crippen molar-refractivity contribution in [2.24, 2.45) is 5.90 Å². The van der Waals surface area contributed by atoms with E-state index in [0.717, 1.165) is 0 Å². The molecule has 0 aromatic rings. The largest absolute Gasteiger partial charge is 0.377 e. The van der Waals surface area contributed by atoms with Gasteiger partial charge < -0.3 is 24.8 Å². The number of ether oxygens (including phenoxy) is 3. The van der Waals surface area contributed by atoms with Gasteiger partial charge in [0.2, 0.25) is 11.8 Å². The number of nitrogens with one attached hydrogen (secondary N) is 2. The molecule has 2 amide bonds. The fourth-order valence-electron chi connectivity index (χ4n) is 1.23. The second kappa shape index (κ2) is 15.1. The Morgan fingerprint density at radius 1 is 0.857 bits per heavy atom. The maximum absolute atomic E-state index is 10.9. The monoisotopic (exact) mass is 307 g/mol. The number of rotatable bonds is 14. The Morgan fingerprint density at radius 2 is 1.33 bits per heavy atom. The van der Waals surface area contributed by atoms with Crippen molar-refractivity contribution in [3.05, 3.63) is 0 Å². The van der Waals surface area contributed by atoms with E-state index >= 15 is 0 Å². The first-order chi connectivity index (χ1) is 10.2. The normalized spacial score (nSPS) is 10.4. The molecule has 0 aliphatic heterocycles. The van der Waals surface area contributed by atoms with E-state index in [9.17, 15) is 9.59 Å². The van der Waals surface area contributed by atoms with Crippen molar-refractivity contribution in [3.8, 4) is 0 Å². The predicted octanol–water partition coefficient (Wildman–Crippen LogP) is -1.82. The van der Waals surface area contributed by atoms with Crippen molar-refractivity contribution >= 4 is 11.8 Å². The second-order valence-corrected chi connectivity index (χ2v) is 3.98. The molecule has 0 heterocycles. The van der Waals surface area contributed by atoms with Crippen molar-refractivity contribution in [3.63, 3.8) is 0 Å². The molecular weight excluding hydrogens is 282 g/mol. The topological polar surface area (TPSA) is 121 Å². The van der Waals surface area contributed by atoms with Crippen LogP contribution in [0.15, 0.2) is 0 Å². The molecule has 21 heavy (non-hydrogen) atoms. The van der Waals surface area contributed by atoms with Crippen molar-refractivity contribution in [1.82, 2.24) is 10.6 Å². The molecule has 0 rings (SSSR count). The lowest BCUT2D eigenvalue weighted by atomic mass is 10.6. The van der Waals surface area contributed by atoms with E-state index in [4.69, 9.17) is 20.1 Å². The summed E-state index contributed by atoms with van der Waals surface area (Å²) >= 11 is 0. The van der Waals surface area contributed by atoms with E-state index < -0.39 is 0 Å². The summed E-state index contributed by atoms with van der Waals surface area (Å²) in [6, 6.07) is 0. The Morgan fingerprint density at radius 3 is 1.81 bits per heavy atom. The smallest absolute Gasteiger partial charge is 0.248 e. The van der Waals surface area contributed by atoms with Crippen LogP contribution in [-0.4, -0.2) is 71.2 Å². The molecule has 4 N–H and O–H groups in total. The molecular formula is C12H25N3O6. The van der Waals surface area contributed by atoms with Gasteiger partial charge in [0.15, 0.2) is 0 Å². The molecule has 0 atom stereocenters. The van der Waals surface area contributed by atoms with Crippen molar-refractivity contribution in [1.29, 1.82) is 0 Å². The molecule has 0 bridgehead atoms. The minimum absolute atomic E-state index is 0.0706. The Bertz CT molecular complexity index is 278. The summed E-state index contributed by atoms with van der Waals surface area (Å²) in [5.41, 5.74) is 0. The summed E-state index contributed by atoms with van der Waals surface area (Å²) in [5, 5.41) is 5.19. The third-order valence-electron chi connectivity index (χ3n) is 2.15. The Kier molecular flexibility index (Phi) is 14.2. The van der Waals surface area contributed by atoms with E-state index in [2.05, 4.69) is 15.5 Å². The van der Waals surface area contributed by atoms with Crippen LogP contribution in [0, 0.1) is 0 Å². The lowest BCUT2D eigenvalue weighted by Crippen LogP contribution is -2.31. The van der Waals surface area contributed by atoms with Gasteiger partial charge in [-0.15, -0.1) is 0 Å². The number of amides is 2. The van der Waals surface area contributed by atoms with E-state index in [1.165, 1.54) is 6.92 Å². The Labute approximate surface area is 124 Å². The number of carbonyl (C=O) groups is 2. The number of carbonyl (C=O) groups excluding carboxylic acids is 2. The zero-order valence-electron chi connectivity index (χ0n) is 12.4. The average molecular weight is 307 g/mol. The van der Waals surface area contributed by atoms with Gasteiger partial charge in [0.25, 0.3) is 0 Å². The van der Waals surface area contributed by atoms with Crippen LogP contribution in [0.25, 0.3) is 0 Å². The molecule has 0 aliphatic carbocycles. The van der Waals surface area contributed by atoms with Gasteiger partial charge >= 0.3 is 0 Å². The van der Waals surface area contributed by atoms with Gasteiger partial charge in [-0.25, -0.2) is 5.90 Å². The fraction of sp³-hybridized carbons (Fsp3) is 0.833. The molecule has 124 valence electrons. The van der Waals surface area contributed by atoms with Crippen molar-refractivity contribution < 1.29 is 28.6 Å². The van der Waals surface area contributed by atoms with Crippen LogP contribution in [-0.2, 0) is 28.6 Å². The molecule has 0 saturated heterocycles. The highest BCUT2D eigenvalue weighted by Gasteiger charge is 1.98. The van der Waals surface area contributed by atoms with Crippen LogP contribution in [0.4, 0.5) is 0 Å². The summed E-state index contributed by atoms with van der Waals surface area (Å²) in [5.74, 6) is 4.39. The van der Waals surface area contributed by atoms with Gasteiger partial charge in [0, 0.05) is 20.0 Å². The molecule has 9 nitrogen and oxygen atoms in total. The second-order valence-electron chi connectivity index (χ2n) is 3.98. The molecule has 9 heteroatoms. The maximum Gasteiger partial charge on any atom is 0.248 e. The lowest BCUT2D eigenvalue weighted by Gasteiger charge is -2.07. The van der Waals surface area contributed by atoms with Gasteiger partial charge in [0.1, 0.15) is 6.61 Å². The van der Waals surface area contributed by atoms with Crippen LogP contribution < -0.4 is 16.5 Å². The van der Waals surface area contributed by atoms with Gasteiger partial charge in [-0.05, 0) is 0 Å². The zero-order chi connectivity index (χ0) is 15.8. The Hall–Kier alpha value is -1.26. The molecule has 0 aromatic carbocycles. The molecule has 0 aromatic heterocycles. The van der Waals surface area contributed by atoms with Gasteiger partial charge in [0.05, 0.1) is 39.6 Å². The molecule has 0 fully saturated rings. The number of hydrogen-bond acceptors (Lipinski definition) is 7. The third-order valence-corrected chi connectivity index (χ3v) is 2.15. The van der Waals surface area contributed by atoms with E-state index in [-0.39, 0.29) is 18.4 Å². The van der Waals surface area contributed by atoms with Crippen LogP contribution in [0.1, 0.15) is 6.92 Å². The highest BCUT2D eigenvalue weighted by atomic mass is 16.6. The number of hydrogen-bond donors (Lipinski definition) is 3. The SMILES string of the molecule is CC(=O)NCCOCCOCCOCCNC(=O)CON.